The minimum Gasteiger partial charge on any atom is -0.444 e. The van der Waals surface area contributed by atoms with Crippen LogP contribution < -0.4 is 0 Å². The molecule has 1 aliphatic heterocycles. The van der Waals surface area contributed by atoms with Crippen LogP contribution in [0.3, 0.4) is 0 Å². The van der Waals surface area contributed by atoms with Crippen molar-refractivity contribution < 1.29 is 23.7 Å². The number of methoxy groups -OCH3 is 1. The largest absolute Gasteiger partial charge is 0.444 e. The molecule has 6 heteroatoms. The highest BCUT2D eigenvalue weighted by molar-refractivity contribution is 5.74. The number of hydrogen-bond donors (Lipinski definition) is 0. The average molecular weight is 420 g/mol. The number of benzene rings is 1. The number of carbonyl (C=O) groups is 1. The van der Waals surface area contributed by atoms with Crippen LogP contribution in [0.25, 0.3) is 5.57 Å². The highest BCUT2D eigenvalue weighted by Gasteiger charge is 2.24. The number of rotatable bonds is 9. The number of amides is 1. The molecule has 0 unspecified atom stereocenters. The third-order valence-electron chi connectivity index (χ3n) is 4.75. The molecule has 0 saturated carbocycles. The Balaban J connectivity index is 2.03. The van der Waals surface area contributed by atoms with Crippen LogP contribution in [-0.4, -0.2) is 56.1 Å². The molecular formula is C24H37NO5. The molecule has 1 amide bonds. The Morgan fingerprint density at radius 2 is 2.00 bits per heavy atom. The molecule has 1 aliphatic rings. The minimum atomic E-state index is -0.481. The maximum atomic E-state index is 12.3. The molecular weight excluding hydrogens is 382 g/mol. The molecule has 1 heterocycles. The molecule has 0 aliphatic carbocycles. The van der Waals surface area contributed by atoms with Crippen molar-refractivity contribution in [1.82, 2.24) is 4.90 Å². The molecule has 30 heavy (non-hydrogen) atoms. The normalized spacial score (nSPS) is 15.7. The van der Waals surface area contributed by atoms with Crippen molar-refractivity contribution >= 4 is 11.7 Å². The number of carbonyl (C=O) groups excluding carboxylic acids is 1. The second-order valence-corrected chi connectivity index (χ2v) is 8.61. The van der Waals surface area contributed by atoms with Gasteiger partial charge in [0.05, 0.1) is 25.9 Å². The van der Waals surface area contributed by atoms with Gasteiger partial charge in [-0.15, -0.1) is 0 Å². The Labute approximate surface area is 181 Å². The van der Waals surface area contributed by atoms with E-state index in [2.05, 4.69) is 24.3 Å². The predicted molar refractivity (Wildman–Crippen MR) is 118 cm³/mol. The number of ether oxygens (including phenoxy) is 4. The first-order valence-corrected chi connectivity index (χ1v) is 10.7. The van der Waals surface area contributed by atoms with E-state index in [1.54, 1.807) is 12.0 Å². The van der Waals surface area contributed by atoms with Gasteiger partial charge in [0.25, 0.3) is 0 Å². The lowest BCUT2D eigenvalue weighted by molar-refractivity contribution is -0.00715. The highest BCUT2D eigenvalue weighted by atomic mass is 16.6. The van der Waals surface area contributed by atoms with Gasteiger partial charge in [-0.1, -0.05) is 24.3 Å². The van der Waals surface area contributed by atoms with Crippen LogP contribution in [0.15, 0.2) is 24.3 Å². The predicted octanol–water partition coefficient (Wildman–Crippen LogP) is 4.80. The van der Waals surface area contributed by atoms with E-state index in [0.29, 0.717) is 39.5 Å². The topological polar surface area (TPSA) is 57.2 Å². The van der Waals surface area contributed by atoms with Crippen molar-refractivity contribution in [3.63, 3.8) is 0 Å². The summed E-state index contributed by atoms with van der Waals surface area (Å²) in [5.74, 6) is 0. The van der Waals surface area contributed by atoms with Gasteiger partial charge in [0, 0.05) is 26.8 Å². The molecule has 0 N–H and O–H groups in total. The summed E-state index contributed by atoms with van der Waals surface area (Å²) < 4.78 is 22.2. The minimum absolute atomic E-state index is 0.0908. The molecule has 0 radical (unpaired) electrons. The van der Waals surface area contributed by atoms with Crippen molar-refractivity contribution in [2.24, 2.45) is 0 Å². The van der Waals surface area contributed by atoms with Crippen LogP contribution in [0, 0.1) is 0 Å². The van der Waals surface area contributed by atoms with Crippen LogP contribution in [0.2, 0.25) is 0 Å². The molecule has 168 valence electrons. The molecule has 0 fully saturated rings. The molecule has 1 aromatic rings. The number of nitrogens with zero attached hydrogens (tertiary/aromatic N) is 1. The fraction of sp³-hybridized carbons (Fsp3) is 0.625. The van der Waals surface area contributed by atoms with Gasteiger partial charge >= 0.3 is 6.09 Å². The van der Waals surface area contributed by atoms with E-state index in [1.807, 2.05) is 34.6 Å². The lowest BCUT2D eigenvalue weighted by Crippen LogP contribution is -2.39. The maximum Gasteiger partial charge on any atom is 0.410 e. The first-order chi connectivity index (χ1) is 14.2. The smallest absolute Gasteiger partial charge is 0.410 e. The molecule has 1 aromatic carbocycles. The standard InChI is InChI=1S/C24H37NO5/c1-7-29-18(2)15-28-16-19-8-9-22(21(14-19)17-27-6)20-10-12-25(13-11-20)23(26)30-24(3,4)5/h8-10,14,18H,7,11-13,15-17H2,1-6H3/t18-/m1/s1. The monoisotopic (exact) mass is 419 g/mol. The first-order valence-electron chi connectivity index (χ1n) is 10.7. The van der Waals surface area contributed by atoms with Crippen molar-refractivity contribution in [3.05, 3.63) is 41.0 Å². The van der Waals surface area contributed by atoms with Gasteiger partial charge in [0.1, 0.15) is 5.60 Å². The van der Waals surface area contributed by atoms with Crippen LogP contribution >= 0.6 is 0 Å². The Morgan fingerprint density at radius 3 is 2.60 bits per heavy atom. The summed E-state index contributed by atoms with van der Waals surface area (Å²) in [6, 6.07) is 6.38. The average Bonchev–Trinajstić information content (AvgIpc) is 2.67. The van der Waals surface area contributed by atoms with Crippen molar-refractivity contribution in [2.75, 3.05) is 33.4 Å². The summed E-state index contributed by atoms with van der Waals surface area (Å²) in [5.41, 5.74) is 4.17. The number of hydrogen-bond acceptors (Lipinski definition) is 5. The van der Waals surface area contributed by atoms with Gasteiger partial charge in [-0.05, 0) is 63.3 Å². The van der Waals surface area contributed by atoms with E-state index in [1.165, 1.54) is 11.1 Å². The molecule has 1 atom stereocenters. The molecule has 2 rings (SSSR count). The highest BCUT2D eigenvalue weighted by Crippen LogP contribution is 2.28. The van der Waals surface area contributed by atoms with Gasteiger partial charge in [0.15, 0.2) is 0 Å². The van der Waals surface area contributed by atoms with Gasteiger partial charge in [-0.25, -0.2) is 4.79 Å². The van der Waals surface area contributed by atoms with Crippen LogP contribution in [0.5, 0.6) is 0 Å². The lowest BCUT2D eigenvalue weighted by atomic mass is 9.94. The second-order valence-electron chi connectivity index (χ2n) is 8.61. The third-order valence-corrected chi connectivity index (χ3v) is 4.75. The molecule has 0 bridgehead atoms. The zero-order valence-corrected chi connectivity index (χ0v) is 19.3. The van der Waals surface area contributed by atoms with Crippen LogP contribution in [0.1, 0.15) is 57.7 Å². The zero-order chi connectivity index (χ0) is 22.1. The van der Waals surface area contributed by atoms with Crippen molar-refractivity contribution in [1.29, 1.82) is 0 Å². The van der Waals surface area contributed by atoms with Gasteiger partial charge in [0.2, 0.25) is 0 Å². The molecule has 0 saturated heterocycles. The summed E-state index contributed by atoms with van der Waals surface area (Å²) >= 11 is 0. The van der Waals surface area contributed by atoms with Crippen LogP contribution in [-0.2, 0) is 32.2 Å². The van der Waals surface area contributed by atoms with Crippen molar-refractivity contribution in [3.8, 4) is 0 Å². The summed E-state index contributed by atoms with van der Waals surface area (Å²) in [6.07, 6.45) is 2.73. The third kappa shape index (κ3) is 7.74. The summed E-state index contributed by atoms with van der Waals surface area (Å²) in [7, 11) is 1.70. The quantitative estimate of drug-likeness (QED) is 0.575. The Hall–Kier alpha value is -1.89. The van der Waals surface area contributed by atoms with E-state index in [4.69, 9.17) is 18.9 Å². The second kappa shape index (κ2) is 11.5. The van der Waals surface area contributed by atoms with E-state index in [9.17, 15) is 4.79 Å². The van der Waals surface area contributed by atoms with Crippen molar-refractivity contribution in [2.45, 2.75) is 66.0 Å². The SMILES string of the molecule is CCO[C@H](C)COCc1ccc(C2=CCN(C(=O)OC(C)(C)C)CC2)c(COC)c1. The Bertz CT molecular complexity index is 723. The Kier molecular flexibility index (Phi) is 9.34. The van der Waals surface area contributed by atoms with E-state index in [0.717, 1.165) is 17.5 Å². The molecule has 0 aromatic heterocycles. The van der Waals surface area contributed by atoms with E-state index < -0.39 is 5.60 Å². The fourth-order valence-electron chi connectivity index (χ4n) is 3.41. The van der Waals surface area contributed by atoms with E-state index in [-0.39, 0.29) is 12.2 Å². The summed E-state index contributed by atoms with van der Waals surface area (Å²) in [6.45, 7) is 13.2. The molecule has 0 spiro atoms. The van der Waals surface area contributed by atoms with Gasteiger partial charge < -0.3 is 23.8 Å². The first kappa shape index (κ1) is 24.4. The summed E-state index contributed by atoms with van der Waals surface area (Å²) in [5, 5.41) is 0. The molecule has 6 nitrogen and oxygen atoms in total. The fourth-order valence-corrected chi connectivity index (χ4v) is 3.41. The van der Waals surface area contributed by atoms with Gasteiger partial charge in [-0.2, -0.15) is 0 Å². The van der Waals surface area contributed by atoms with E-state index >= 15 is 0 Å². The Morgan fingerprint density at radius 1 is 1.23 bits per heavy atom. The zero-order valence-electron chi connectivity index (χ0n) is 19.3. The van der Waals surface area contributed by atoms with Crippen LogP contribution in [0.4, 0.5) is 4.79 Å². The summed E-state index contributed by atoms with van der Waals surface area (Å²) in [4.78, 5) is 14.0. The maximum absolute atomic E-state index is 12.3. The van der Waals surface area contributed by atoms with Gasteiger partial charge in [-0.3, -0.25) is 0 Å². The lowest BCUT2D eigenvalue weighted by Gasteiger charge is -2.30.